The normalized spacial score (nSPS) is 13.3. The molecule has 0 aliphatic heterocycles. The number of aliphatic hydroxyl groups excluding tert-OH is 2. The molecule has 10 heavy (non-hydrogen) atoms. The van der Waals surface area contributed by atoms with E-state index in [2.05, 4.69) is 6.58 Å². The van der Waals surface area contributed by atoms with Crippen LogP contribution in [0.3, 0.4) is 0 Å². The SMILES string of the molecule is C=C(O)/C(O)=C\C(N)=C/C. The third-order valence-electron chi connectivity index (χ3n) is 0.932. The molecule has 4 N–H and O–H groups in total. The van der Waals surface area contributed by atoms with E-state index in [4.69, 9.17) is 15.9 Å². The van der Waals surface area contributed by atoms with Crippen LogP contribution in [0.15, 0.2) is 35.9 Å². The molecule has 0 aliphatic rings. The van der Waals surface area contributed by atoms with Crippen molar-refractivity contribution in [1.82, 2.24) is 0 Å². The van der Waals surface area contributed by atoms with Crippen molar-refractivity contribution in [3.63, 3.8) is 0 Å². The summed E-state index contributed by atoms with van der Waals surface area (Å²) in [5.74, 6) is -0.694. The van der Waals surface area contributed by atoms with Crippen LogP contribution < -0.4 is 5.73 Å². The quantitative estimate of drug-likeness (QED) is 0.402. The first-order valence-electron chi connectivity index (χ1n) is 2.78. The van der Waals surface area contributed by atoms with Gasteiger partial charge in [0, 0.05) is 11.8 Å². The predicted molar refractivity (Wildman–Crippen MR) is 40.4 cm³/mol. The summed E-state index contributed by atoms with van der Waals surface area (Å²) >= 11 is 0. The molecule has 0 atom stereocenters. The van der Waals surface area contributed by atoms with Gasteiger partial charge in [-0.25, -0.2) is 0 Å². The van der Waals surface area contributed by atoms with E-state index in [0.29, 0.717) is 5.70 Å². The van der Waals surface area contributed by atoms with Crippen molar-refractivity contribution in [3.8, 4) is 0 Å². The minimum atomic E-state index is -0.384. The molecular formula is C7H11NO2. The van der Waals surface area contributed by atoms with Crippen molar-refractivity contribution >= 4 is 0 Å². The van der Waals surface area contributed by atoms with E-state index in [1.165, 1.54) is 6.08 Å². The zero-order valence-corrected chi connectivity index (χ0v) is 5.83. The smallest absolute Gasteiger partial charge is 0.158 e. The number of allylic oxidation sites excluding steroid dienone is 2. The van der Waals surface area contributed by atoms with Gasteiger partial charge >= 0.3 is 0 Å². The van der Waals surface area contributed by atoms with Crippen LogP contribution in [0.4, 0.5) is 0 Å². The maximum absolute atomic E-state index is 8.82. The molecule has 0 saturated carbocycles. The molecule has 0 heterocycles. The fraction of sp³-hybridized carbons (Fsp3) is 0.143. The summed E-state index contributed by atoms with van der Waals surface area (Å²) in [4.78, 5) is 0. The van der Waals surface area contributed by atoms with Crippen LogP contribution in [0.2, 0.25) is 0 Å². The lowest BCUT2D eigenvalue weighted by Gasteiger charge is -1.95. The third kappa shape index (κ3) is 2.81. The monoisotopic (exact) mass is 141 g/mol. The summed E-state index contributed by atoms with van der Waals surface area (Å²) in [7, 11) is 0. The Labute approximate surface area is 59.8 Å². The molecule has 0 fully saturated rings. The Kier molecular flexibility index (Phi) is 3.11. The maximum atomic E-state index is 8.82. The fourth-order valence-corrected chi connectivity index (χ4v) is 0.325. The van der Waals surface area contributed by atoms with Gasteiger partial charge in [0.1, 0.15) is 5.76 Å². The molecule has 0 aromatic rings. The Morgan fingerprint density at radius 2 is 2.00 bits per heavy atom. The zero-order chi connectivity index (χ0) is 8.15. The molecule has 0 amide bonds. The molecule has 0 unspecified atom stereocenters. The van der Waals surface area contributed by atoms with Crippen molar-refractivity contribution in [2.75, 3.05) is 0 Å². The van der Waals surface area contributed by atoms with Gasteiger partial charge in [0.05, 0.1) is 0 Å². The molecule has 3 nitrogen and oxygen atoms in total. The molecule has 0 bridgehead atoms. The largest absolute Gasteiger partial charge is 0.505 e. The number of hydrogen-bond acceptors (Lipinski definition) is 3. The molecule has 3 heteroatoms. The number of rotatable bonds is 2. The highest BCUT2D eigenvalue weighted by Gasteiger charge is 1.94. The van der Waals surface area contributed by atoms with Crippen LogP contribution >= 0.6 is 0 Å². The molecule has 0 radical (unpaired) electrons. The number of hydrogen-bond donors (Lipinski definition) is 3. The van der Waals surface area contributed by atoms with Gasteiger partial charge in [-0.05, 0) is 6.92 Å². The first-order valence-corrected chi connectivity index (χ1v) is 2.78. The Morgan fingerprint density at radius 3 is 2.30 bits per heavy atom. The minimum Gasteiger partial charge on any atom is -0.505 e. The van der Waals surface area contributed by atoms with Crippen molar-refractivity contribution in [2.45, 2.75) is 6.92 Å². The van der Waals surface area contributed by atoms with E-state index in [0.717, 1.165) is 0 Å². The van der Waals surface area contributed by atoms with Crippen LogP contribution in [0.5, 0.6) is 0 Å². The van der Waals surface area contributed by atoms with Gasteiger partial charge in [-0.3, -0.25) is 0 Å². The molecule has 0 spiro atoms. The van der Waals surface area contributed by atoms with Crippen molar-refractivity contribution in [2.24, 2.45) is 5.73 Å². The van der Waals surface area contributed by atoms with E-state index >= 15 is 0 Å². The molecule has 0 aliphatic carbocycles. The Bertz CT molecular complexity index is 192. The van der Waals surface area contributed by atoms with Crippen LogP contribution in [-0.2, 0) is 0 Å². The van der Waals surface area contributed by atoms with E-state index < -0.39 is 0 Å². The van der Waals surface area contributed by atoms with Crippen LogP contribution in [0, 0.1) is 0 Å². The molecule has 0 aromatic carbocycles. The van der Waals surface area contributed by atoms with Gasteiger partial charge in [0.15, 0.2) is 5.76 Å². The van der Waals surface area contributed by atoms with E-state index in [1.807, 2.05) is 0 Å². The van der Waals surface area contributed by atoms with Crippen LogP contribution in [0.1, 0.15) is 6.92 Å². The Hall–Kier alpha value is -1.38. The average Bonchev–Trinajstić information content (AvgIpc) is 1.87. The summed E-state index contributed by atoms with van der Waals surface area (Å²) in [6.07, 6.45) is 2.82. The lowest BCUT2D eigenvalue weighted by molar-refractivity contribution is 0.328. The van der Waals surface area contributed by atoms with Crippen molar-refractivity contribution in [1.29, 1.82) is 0 Å². The fourth-order valence-electron chi connectivity index (χ4n) is 0.325. The maximum Gasteiger partial charge on any atom is 0.158 e. The summed E-state index contributed by atoms with van der Waals surface area (Å²) in [6, 6.07) is 0. The molecule has 0 aromatic heterocycles. The molecule has 0 saturated heterocycles. The third-order valence-corrected chi connectivity index (χ3v) is 0.932. The molecule has 56 valence electrons. The van der Waals surface area contributed by atoms with Crippen molar-refractivity contribution < 1.29 is 10.2 Å². The first-order chi connectivity index (χ1) is 4.57. The minimum absolute atomic E-state index is 0.310. The summed E-state index contributed by atoms with van der Waals surface area (Å²) < 4.78 is 0. The number of nitrogens with two attached hydrogens (primary N) is 1. The van der Waals surface area contributed by atoms with Gasteiger partial charge in [-0.1, -0.05) is 12.7 Å². The van der Waals surface area contributed by atoms with Gasteiger partial charge < -0.3 is 15.9 Å². The topological polar surface area (TPSA) is 66.5 Å². The lowest BCUT2D eigenvalue weighted by atomic mass is 10.3. The second kappa shape index (κ2) is 3.61. The van der Waals surface area contributed by atoms with Crippen molar-refractivity contribution in [3.05, 3.63) is 35.9 Å². The summed E-state index contributed by atoms with van der Waals surface area (Å²) in [5.41, 5.74) is 5.67. The van der Waals surface area contributed by atoms with Crippen LogP contribution in [0.25, 0.3) is 0 Å². The highest BCUT2D eigenvalue weighted by atomic mass is 16.3. The first kappa shape index (κ1) is 8.62. The van der Waals surface area contributed by atoms with Crippen LogP contribution in [-0.4, -0.2) is 10.2 Å². The Balaban J connectivity index is 4.31. The van der Waals surface area contributed by atoms with E-state index in [-0.39, 0.29) is 11.5 Å². The van der Waals surface area contributed by atoms with E-state index in [1.54, 1.807) is 13.0 Å². The van der Waals surface area contributed by atoms with Gasteiger partial charge in [0.2, 0.25) is 0 Å². The second-order valence-electron chi connectivity index (χ2n) is 1.76. The van der Waals surface area contributed by atoms with Gasteiger partial charge in [-0.2, -0.15) is 0 Å². The Morgan fingerprint density at radius 1 is 1.50 bits per heavy atom. The summed E-state index contributed by atoms with van der Waals surface area (Å²) in [5, 5.41) is 17.4. The average molecular weight is 141 g/mol. The molecule has 0 rings (SSSR count). The predicted octanol–water partition coefficient (Wildman–Crippen LogP) is 1.36. The summed E-state index contributed by atoms with van der Waals surface area (Å²) in [6.45, 7) is 4.82. The molecular weight excluding hydrogens is 130 g/mol. The zero-order valence-electron chi connectivity index (χ0n) is 5.83. The van der Waals surface area contributed by atoms with Gasteiger partial charge in [-0.15, -0.1) is 0 Å². The highest BCUT2D eigenvalue weighted by Crippen LogP contribution is 2.00. The standard InChI is InChI=1S/C7H11NO2/c1-3-6(8)4-7(10)5(2)9/h3-4,9-10H,2,8H2,1H3/b6-3+,7-4+. The lowest BCUT2D eigenvalue weighted by Crippen LogP contribution is -1.95. The van der Waals surface area contributed by atoms with E-state index in [9.17, 15) is 0 Å². The second-order valence-corrected chi connectivity index (χ2v) is 1.76. The van der Waals surface area contributed by atoms with Gasteiger partial charge in [0.25, 0.3) is 0 Å². The highest BCUT2D eigenvalue weighted by molar-refractivity contribution is 5.24. The number of aliphatic hydroxyl groups is 2.